The van der Waals surface area contributed by atoms with Crippen LogP contribution in [0.2, 0.25) is 0 Å². The smallest absolute Gasteiger partial charge is 0.339 e. The Kier molecular flexibility index (Phi) is 3.36. The molecule has 1 aromatic carbocycles. The molecule has 14 heavy (non-hydrogen) atoms. The minimum Gasteiger partial charge on any atom is -0.446 e. The lowest BCUT2D eigenvalue weighted by molar-refractivity contribution is 0.0515. The highest BCUT2D eigenvalue weighted by Crippen LogP contribution is 2.06. The van der Waals surface area contributed by atoms with Crippen LogP contribution in [0.3, 0.4) is 0 Å². The van der Waals surface area contributed by atoms with Gasteiger partial charge < -0.3 is 4.74 Å². The van der Waals surface area contributed by atoms with E-state index in [-0.39, 0.29) is 12.5 Å². The van der Waals surface area contributed by atoms with Gasteiger partial charge in [0.2, 0.25) is 0 Å². The van der Waals surface area contributed by atoms with Gasteiger partial charge in [-0.05, 0) is 19.1 Å². The number of nitrogens with two attached hydrogens (primary N) is 1. The van der Waals surface area contributed by atoms with Crippen LogP contribution in [0.5, 0.6) is 0 Å². The van der Waals surface area contributed by atoms with Gasteiger partial charge in [0.1, 0.15) is 6.73 Å². The summed E-state index contributed by atoms with van der Waals surface area (Å²) in [5.74, 6) is -0.522. The number of benzene rings is 1. The Morgan fingerprint density at radius 3 is 2.14 bits per heavy atom. The third-order valence-corrected chi connectivity index (χ3v) is 1.74. The predicted octanol–water partition coefficient (Wildman–Crippen LogP) is 0.962. The minimum atomic E-state index is -0.484. The van der Waals surface area contributed by atoms with E-state index in [0.29, 0.717) is 11.1 Å². The Balaban J connectivity index is 2.83. The van der Waals surface area contributed by atoms with Crippen LogP contribution in [0.4, 0.5) is 0 Å². The number of esters is 1. The highest BCUT2D eigenvalue weighted by atomic mass is 16.5. The van der Waals surface area contributed by atoms with Gasteiger partial charge in [0.25, 0.3) is 0 Å². The van der Waals surface area contributed by atoms with E-state index in [9.17, 15) is 9.59 Å². The van der Waals surface area contributed by atoms with Gasteiger partial charge in [0, 0.05) is 5.56 Å². The number of hydrogen-bond donors (Lipinski definition) is 1. The molecule has 0 bridgehead atoms. The number of rotatable bonds is 3. The molecule has 0 heterocycles. The Morgan fingerprint density at radius 1 is 1.21 bits per heavy atom. The fourth-order valence-electron chi connectivity index (χ4n) is 1.00. The second-order valence-corrected chi connectivity index (χ2v) is 2.73. The maximum absolute atomic E-state index is 11.1. The molecule has 0 saturated carbocycles. The summed E-state index contributed by atoms with van der Waals surface area (Å²) in [6.07, 6.45) is 0. The molecule has 74 valence electrons. The van der Waals surface area contributed by atoms with Gasteiger partial charge in [0.15, 0.2) is 5.78 Å². The van der Waals surface area contributed by atoms with E-state index in [4.69, 9.17) is 5.73 Å². The van der Waals surface area contributed by atoms with Crippen molar-refractivity contribution in [3.05, 3.63) is 35.4 Å². The van der Waals surface area contributed by atoms with E-state index >= 15 is 0 Å². The normalized spacial score (nSPS) is 9.57. The summed E-state index contributed by atoms with van der Waals surface area (Å²) in [6, 6.07) is 6.23. The SMILES string of the molecule is CC(=O)c1ccc(C(=O)OCN)cc1. The molecule has 0 unspecified atom stereocenters. The van der Waals surface area contributed by atoms with Crippen molar-refractivity contribution in [1.82, 2.24) is 0 Å². The monoisotopic (exact) mass is 193 g/mol. The van der Waals surface area contributed by atoms with Crippen molar-refractivity contribution in [1.29, 1.82) is 0 Å². The van der Waals surface area contributed by atoms with E-state index in [0.717, 1.165) is 0 Å². The lowest BCUT2D eigenvalue weighted by Gasteiger charge is -2.01. The highest BCUT2D eigenvalue weighted by molar-refractivity contribution is 5.96. The van der Waals surface area contributed by atoms with Crippen molar-refractivity contribution in [2.24, 2.45) is 5.73 Å². The maximum atomic E-state index is 11.1. The largest absolute Gasteiger partial charge is 0.446 e. The molecule has 4 heteroatoms. The van der Waals surface area contributed by atoms with Gasteiger partial charge in [0.05, 0.1) is 5.56 Å². The van der Waals surface area contributed by atoms with Crippen LogP contribution < -0.4 is 5.73 Å². The molecule has 0 fully saturated rings. The fourth-order valence-corrected chi connectivity index (χ4v) is 1.00. The van der Waals surface area contributed by atoms with Crippen LogP contribution in [-0.2, 0) is 4.74 Å². The van der Waals surface area contributed by atoms with Crippen LogP contribution in [-0.4, -0.2) is 18.5 Å². The Bertz CT molecular complexity index is 343. The van der Waals surface area contributed by atoms with Crippen LogP contribution >= 0.6 is 0 Å². The molecule has 0 aliphatic carbocycles. The second kappa shape index (κ2) is 4.53. The van der Waals surface area contributed by atoms with Crippen molar-refractivity contribution in [3.63, 3.8) is 0 Å². The molecule has 2 N–H and O–H groups in total. The van der Waals surface area contributed by atoms with Gasteiger partial charge in [-0.15, -0.1) is 0 Å². The van der Waals surface area contributed by atoms with Crippen LogP contribution in [0.25, 0.3) is 0 Å². The molecule has 0 atom stereocenters. The fraction of sp³-hybridized carbons (Fsp3) is 0.200. The molecule has 0 radical (unpaired) electrons. The van der Waals surface area contributed by atoms with E-state index < -0.39 is 5.97 Å². The molecule has 0 aliphatic rings. The first kappa shape index (κ1) is 10.4. The van der Waals surface area contributed by atoms with Gasteiger partial charge in [-0.2, -0.15) is 0 Å². The Hall–Kier alpha value is -1.68. The topological polar surface area (TPSA) is 69.4 Å². The average Bonchev–Trinajstić information content (AvgIpc) is 2.18. The lowest BCUT2D eigenvalue weighted by Crippen LogP contribution is -2.12. The number of carbonyl (C=O) groups is 2. The summed E-state index contributed by atoms with van der Waals surface area (Å²) in [6.45, 7) is 1.32. The molecule has 4 nitrogen and oxygen atoms in total. The third-order valence-electron chi connectivity index (χ3n) is 1.74. The third kappa shape index (κ3) is 2.40. The Labute approximate surface area is 81.7 Å². The van der Waals surface area contributed by atoms with Gasteiger partial charge >= 0.3 is 5.97 Å². The van der Waals surface area contributed by atoms with E-state index in [1.165, 1.54) is 19.1 Å². The molecule has 1 rings (SSSR count). The van der Waals surface area contributed by atoms with Gasteiger partial charge in [-0.3, -0.25) is 10.5 Å². The van der Waals surface area contributed by atoms with Crippen molar-refractivity contribution >= 4 is 11.8 Å². The van der Waals surface area contributed by atoms with Crippen molar-refractivity contribution < 1.29 is 14.3 Å². The quantitative estimate of drug-likeness (QED) is 0.441. The molecular formula is C10H11NO3. The zero-order valence-corrected chi connectivity index (χ0v) is 7.82. The van der Waals surface area contributed by atoms with Gasteiger partial charge in [-0.1, -0.05) is 12.1 Å². The summed E-state index contributed by atoms with van der Waals surface area (Å²) in [7, 11) is 0. The number of carbonyl (C=O) groups excluding carboxylic acids is 2. The summed E-state index contributed by atoms with van der Waals surface area (Å²) in [5, 5.41) is 0. The van der Waals surface area contributed by atoms with E-state index in [1.54, 1.807) is 12.1 Å². The van der Waals surface area contributed by atoms with Crippen molar-refractivity contribution in [2.45, 2.75) is 6.92 Å². The van der Waals surface area contributed by atoms with E-state index in [1.807, 2.05) is 0 Å². The number of ketones is 1. The average molecular weight is 193 g/mol. The van der Waals surface area contributed by atoms with Crippen LogP contribution in [0, 0.1) is 0 Å². The van der Waals surface area contributed by atoms with Crippen molar-refractivity contribution in [2.75, 3.05) is 6.73 Å². The van der Waals surface area contributed by atoms with Gasteiger partial charge in [-0.25, -0.2) is 4.79 Å². The second-order valence-electron chi connectivity index (χ2n) is 2.73. The predicted molar refractivity (Wildman–Crippen MR) is 50.9 cm³/mol. The van der Waals surface area contributed by atoms with E-state index in [2.05, 4.69) is 4.74 Å². The Morgan fingerprint density at radius 2 is 1.71 bits per heavy atom. The number of ether oxygens (including phenoxy) is 1. The number of Topliss-reactive ketones (excluding diaryl/α,β-unsaturated/α-hetero) is 1. The van der Waals surface area contributed by atoms with Crippen molar-refractivity contribution in [3.8, 4) is 0 Å². The summed E-state index contributed by atoms with van der Waals surface area (Å²) < 4.78 is 4.58. The molecule has 0 saturated heterocycles. The summed E-state index contributed by atoms with van der Waals surface area (Å²) in [5.41, 5.74) is 6.00. The standard InChI is InChI=1S/C10H11NO3/c1-7(12)8-2-4-9(5-3-8)10(13)14-6-11/h2-5H,6,11H2,1H3. The number of hydrogen-bond acceptors (Lipinski definition) is 4. The first-order valence-corrected chi connectivity index (χ1v) is 4.13. The molecule has 0 aliphatic heterocycles. The zero-order valence-electron chi connectivity index (χ0n) is 7.82. The first-order valence-electron chi connectivity index (χ1n) is 4.13. The summed E-state index contributed by atoms with van der Waals surface area (Å²) >= 11 is 0. The van der Waals surface area contributed by atoms with Crippen LogP contribution in [0.1, 0.15) is 27.6 Å². The maximum Gasteiger partial charge on any atom is 0.339 e. The molecular weight excluding hydrogens is 182 g/mol. The minimum absolute atomic E-state index is 0.0382. The molecule has 0 spiro atoms. The molecule has 0 aromatic heterocycles. The first-order chi connectivity index (χ1) is 6.65. The summed E-state index contributed by atoms with van der Waals surface area (Å²) in [4.78, 5) is 22.1. The lowest BCUT2D eigenvalue weighted by atomic mass is 10.1. The highest BCUT2D eigenvalue weighted by Gasteiger charge is 2.06. The molecule has 0 amide bonds. The van der Waals surface area contributed by atoms with Crippen LogP contribution in [0.15, 0.2) is 24.3 Å². The zero-order chi connectivity index (χ0) is 10.6. The molecule has 1 aromatic rings.